The number of benzene rings is 1. The Bertz CT molecular complexity index is 1280. The monoisotopic (exact) mass is 526 g/mol. The van der Waals surface area contributed by atoms with E-state index >= 15 is 0 Å². The van der Waals surface area contributed by atoms with Crippen LogP contribution in [-0.4, -0.2) is 75.7 Å². The van der Waals surface area contributed by atoms with E-state index in [-0.39, 0.29) is 41.8 Å². The lowest BCUT2D eigenvalue weighted by Crippen LogP contribution is -2.74. The van der Waals surface area contributed by atoms with Crippen LogP contribution in [0.1, 0.15) is 55.1 Å². The second-order valence-electron chi connectivity index (χ2n) is 12.3. The van der Waals surface area contributed by atoms with Crippen molar-refractivity contribution < 1.29 is 39.0 Å². The number of Topliss-reactive ketones (excluding diaryl/α,β-unsaturated/α-hetero) is 5. The number of ketones is 5. The zero-order valence-corrected chi connectivity index (χ0v) is 22.2. The third kappa shape index (κ3) is 4.19. The minimum atomic E-state index is -2.76. The van der Waals surface area contributed by atoms with Gasteiger partial charge in [-0.1, -0.05) is 26.8 Å². The lowest BCUT2D eigenvalue weighted by Gasteiger charge is -2.52. The van der Waals surface area contributed by atoms with E-state index in [2.05, 4.69) is 0 Å². The molecular weight excluding hydrogens is 492 g/mol. The number of fused-ring (bicyclic) bond motifs is 3. The highest BCUT2D eigenvalue weighted by atomic mass is 16.3. The fourth-order valence-corrected chi connectivity index (χ4v) is 6.70. The summed E-state index contributed by atoms with van der Waals surface area (Å²) >= 11 is 0. The maximum atomic E-state index is 13.8. The predicted octanol–water partition coefficient (Wildman–Crippen LogP) is 0.415. The quantitative estimate of drug-likeness (QED) is 0.460. The molecule has 3 aliphatic rings. The first kappa shape index (κ1) is 27.8. The number of nitrogens with two attached hydrogens (primary N) is 1. The molecule has 4 rings (SSSR count). The van der Waals surface area contributed by atoms with Crippen LogP contribution in [0.5, 0.6) is 5.75 Å². The number of amides is 1. The van der Waals surface area contributed by atoms with Gasteiger partial charge < -0.3 is 15.9 Å². The fourth-order valence-electron chi connectivity index (χ4n) is 6.70. The van der Waals surface area contributed by atoms with Crippen LogP contribution in [-0.2, 0) is 36.8 Å². The van der Waals surface area contributed by atoms with Gasteiger partial charge >= 0.3 is 0 Å². The summed E-state index contributed by atoms with van der Waals surface area (Å²) in [5, 5.41) is 22.2. The molecule has 204 valence electrons. The number of nitrogens with zero attached hydrogens (tertiary/aromatic N) is 1. The molecule has 0 saturated heterocycles. The van der Waals surface area contributed by atoms with Crippen molar-refractivity contribution in [2.45, 2.75) is 58.1 Å². The predicted molar refractivity (Wildman–Crippen MR) is 134 cm³/mol. The van der Waals surface area contributed by atoms with E-state index in [1.807, 2.05) is 20.8 Å². The molecule has 0 aliphatic heterocycles. The van der Waals surface area contributed by atoms with Crippen LogP contribution >= 0.6 is 0 Å². The summed E-state index contributed by atoms with van der Waals surface area (Å²) in [6, 6.07) is 1.74. The van der Waals surface area contributed by atoms with E-state index in [1.165, 1.54) is 25.1 Å². The summed E-state index contributed by atoms with van der Waals surface area (Å²) in [4.78, 5) is 80.2. The average molecular weight is 527 g/mol. The van der Waals surface area contributed by atoms with Crippen LogP contribution in [0.25, 0.3) is 0 Å². The van der Waals surface area contributed by atoms with Crippen LogP contribution in [0, 0.1) is 29.1 Å². The van der Waals surface area contributed by atoms with E-state index in [4.69, 9.17) is 5.73 Å². The molecule has 2 saturated carbocycles. The Kier molecular flexibility index (Phi) is 6.73. The van der Waals surface area contributed by atoms with Crippen molar-refractivity contribution in [3.8, 4) is 5.75 Å². The molecule has 1 aromatic carbocycles. The van der Waals surface area contributed by atoms with E-state index < -0.39 is 64.4 Å². The van der Waals surface area contributed by atoms with Crippen LogP contribution in [0.2, 0.25) is 0 Å². The molecule has 1 amide bonds. The number of aliphatic hydroxyl groups is 1. The standard InChI is InChI=1S/C28H34N2O8/c1-27(2,3)11-14(31)8-12-6-7-17(32)19-15(12)9-13-10-16-21(30(4)5)23(34)20(26(29)37)25(36)28(16,38)24(35)18(13)22(19)33/h6-7,13,16,18,20-21,32,38H,8-11H2,1-5H3,(H2,29,37)/t13-,16-,18?,20?,21-,28-/m0/s1. The second-order valence-corrected chi connectivity index (χ2v) is 12.3. The largest absolute Gasteiger partial charge is 0.507 e. The highest BCUT2D eigenvalue weighted by Crippen LogP contribution is 2.51. The third-order valence-corrected chi connectivity index (χ3v) is 8.16. The Morgan fingerprint density at radius 1 is 1.11 bits per heavy atom. The Balaban J connectivity index is 1.80. The second kappa shape index (κ2) is 9.20. The molecule has 10 nitrogen and oxygen atoms in total. The van der Waals surface area contributed by atoms with Crippen molar-refractivity contribution in [1.82, 2.24) is 4.90 Å². The van der Waals surface area contributed by atoms with Crippen LogP contribution in [0.3, 0.4) is 0 Å². The van der Waals surface area contributed by atoms with Gasteiger partial charge in [0.25, 0.3) is 0 Å². The van der Waals surface area contributed by atoms with E-state index in [0.29, 0.717) is 17.5 Å². The van der Waals surface area contributed by atoms with Crippen LogP contribution in [0.4, 0.5) is 0 Å². The van der Waals surface area contributed by atoms with Gasteiger partial charge in [0.05, 0.1) is 17.5 Å². The minimum absolute atomic E-state index is 0.0328. The van der Waals surface area contributed by atoms with Gasteiger partial charge in [0.15, 0.2) is 34.7 Å². The van der Waals surface area contributed by atoms with Crippen LogP contribution in [0.15, 0.2) is 12.1 Å². The Morgan fingerprint density at radius 3 is 2.29 bits per heavy atom. The first-order valence-corrected chi connectivity index (χ1v) is 12.7. The van der Waals surface area contributed by atoms with Gasteiger partial charge in [-0.25, -0.2) is 0 Å². The molecule has 2 fully saturated rings. The summed E-state index contributed by atoms with van der Waals surface area (Å²) in [6.45, 7) is 5.82. The Labute approximate surface area is 220 Å². The molecule has 0 bridgehead atoms. The molecule has 4 N–H and O–H groups in total. The van der Waals surface area contributed by atoms with Gasteiger partial charge in [0.2, 0.25) is 5.91 Å². The van der Waals surface area contributed by atoms with Crippen molar-refractivity contribution in [3.05, 3.63) is 28.8 Å². The number of likely N-dealkylation sites (N-methyl/N-ethyl adjacent to an activating group) is 1. The summed E-state index contributed by atoms with van der Waals surface area (Å²) in [7, 11) is 3.07. The summed E-state index contributed by atoms with van der Waals surface area (Å²) in [5.41, 5.74) is 3.26. The first-order chi connectivity index (χ1) is 17.5. The Morgan fingerprint density at radius 2 is 1.74 bits per heavy atom. The van der Waals surface area contributed by atoms with Crippen molar-refractivity contribution >= 4 is 34.8 Å². The fraction of sp³-hybridized carbons (Fsp3) is 0.571. The number of carbonyl (C=O) groups is 6. The lowest BCUT2D eigenvalue weighted by molar-refractivity contribution is -0.181. The van der Waals surface area contributed by atoms with Gasteiger partial charge in [0.1, 0.15) is 11.5 Å². The maximum Gasteiger partial charge on any atom is 0.235 e. The molecule has 0 aromatic heterocycles. The highest BCUT2D eigenvalue weighted by molar-refractivity contribution is 6.32. The molecule has 10 heteroatoms. The number of primary amides is 1. The van der Waals surface area contributed by atoms with Gasteiger partial charge in [-0.3, -0.25) is 33.7 Å². The molecule has 0 spiro atoms. The summed E-state index contributed by atoms with van der Waals surface area (Å²) < 4.78 is 0. The first-order valence-electron chi connectivity index (χ1n) is 12.7. The molecule has 2 unspecified atom stereocenters. The summed E-state index contributed by atoms with van der Waals surface area (Å²) in [5.74, 6) is -10.9. The number of hydrogen-bond acceptors (Lipinski definition) is 9. The average Bonchev–Trinajstić information content (AvgIpc) is 2.76. The maximum absolute atomic E-state index is 13.8. The number of hydrogen-bond donors (Lipinski definition) is 3. The molecule has 0 heterocycles. The number of aromatic hydroxyl groups is 1. The van der Waals surface area contributed by atoms with Gasteiger partial charge in [-0.15, -0.1) is 0 Å². The smallest absolute Gasteiger partial charge is 0.235 e. The SMILES string of the molecule is CN(C)[C@@H]1C(=O)C(C(N)=O)C(=O)[C@@]2(O)C(=O)C3C(=O)c4c(O)ccc(CC(=O)CC(C)(C)C)c4C[C@H]3C[C@@H]12. The molecule has 0 radical (unpaired) electrons. The van der Waals surface area contributed by atoms with Crippen molar-refractivity contribution in [2.75, 3.05) is 14.1 Å². The third-order valence-electron chi connectivity index (χ3n) is 8.16. The van der Waals surface area contributed by atoms with Crippen molar-refractivity contribution in [1.29, 1.82) is 0 Å². The Hall–Kier alpha value is -3.24. The van der Waals surface area contributed by atoms with E-state index in [0.717, 1.165) is 0 Å². The number of rotatable bonds is 5. The summed E-state index contributed by atoms with van der Waals surface area (Å²) in [6.07, 6.45) is 0.461. The number of phenolic OH excluding ortho intramolecular Hbond substituents is 1. The normalized spacial score (nSPS) is 31.1. The van der Waals surface area contributed by atoms with Crippen molar-refractivity contribution in [3.63, 3.8) is 0 Å². The molecular formula is C28H34N2O8. The van der Waals surface area contributed by atoms with Gasteiger partial charge in [-0.2, -0.15) is 0 Å². The zero-order chi connectivity index (χ0) is 28.5. The van der Waals surface area contributed by atoms with Crippen molar-refractivity contribution in [2.24, 2.45) is 34.8 Å². The highest BCUT2D eigenvalue weighted by Gasteiger charge is 2.69. The zero-order valence-electron chi connectivity index (χ0n) is 22.2. The van der Waals surface area contributed by atoms with Crippen LogP contribution < -0.4 is 5.73 Å². The topological polar surface area (TPSA) is 172 Å². The van der Waals surface area contributed by atoms with E-state index in [9.17, 15) is 39.0 Å². The van der Waals surface area contributed by atoms with Gasteiger partial charge in [-0.05, 0) is 55.5 Å². The molecule has 38 heavy (non-hydrogen) atoms. The number of phenols is 1. The van der Waals surface area contributed by atoms with Gasteiger partial charge in [0, 0.05) is 18.8 Å². The number of carbonyl (C=O) groups excluding carboxylic acids is 6. The molecule has 3 aliphatic carbocycles. The lowest BCUT2D eigenvalue weighted by atomic mass is 9.52. The molecule has 1 aromatic rings. The van der Waals surface area contributed by atoms with E-state index in [1.54, 1.807) is 6.07 Å². The molecule has 6 atom stereocenters. The minimum Gasteiger partial charge on any atom is -0.507 e.